The lowest BCUT2D eigenvalue weighted by Gasteiger charge is -2.09. The molecular weight excluding hydrogens is 365 g/mol. The first kappa shape index (κ1) is 17.3. The first-order valence-corrected chi connectivity index (χ1v) is 8.25. The number of amides is 2. The normalized spacial score (nSPS) is 10.6. The molecule has 4 aromatic rings. The predicted molar refractivity (Wildman–Crippen MR) is 102 cm³/mol. The van der Waals surface area contributed by atoms with Gasteiger partial charge in [0.1, 0.15) is 17.1 Å². The lowest BCUT2D eigenvalue weighted by atomic mass is 10.3. The molecule has 2 amide bonds. The summed E-state index contributed by atoms with van der Waals surface area (Å²) in [6.45, 7) is 0. The Bertz CT molecular complexity index is 1200. The molecule has 0 fully saturated rings. The highest BCUT2D eigenvalue weighted by atomic mass is 19.1. The lowest BCUT2D eigenvalue weighted by molar-refractivity contribution is 0.262. The molecule has 8 nitrogen and oxygen atoms in total. The predicted octanol–water partition coefficient (Wildman–Crippen LogP) is 3.83. The van der Waals surface area contributed by atoms with Gasteiger partial charge in [-0.1, -0.05) is 6.07 Å². The maximum atomic E-state index is 13.2. The van der Waals surface area contributed by atoms with Crippen LogP contribution in [0.25, 0.3) is 11.2 Å². The second-order valence-corrected chi connectivity index (χ2v) is 5.83. The Morgan fingerprint density at radius 3 is 2.57 bits per heavy atom. The minimum atomic E-state index is -0.500. The Hall–Kier alpha value is -4.14. The van der Waals surface area contributed by atoms with E-state index in [1.54, 1.807) is 36.4 Å². The third-order valence-electron chi connectivity index (χ3n) is 3.81. The molecule has 0 aliphatic rings. The van der Waals surface area contributed by atoms with Crippen molar-refractivity contribution in [2.24, 2.45) is 0 Å². The fourth-order valence-electron chi connectivity index (χ4n) is 2.59. The van der Waals surface area contributed by atoms with Gasteiger partial charge in [0.15, 0.2) is 11.4 Å². The van der Waals surface area contributed by atoms with Crippen molar-refractivity contribution in [3.8, 4) is 11.5 Å². The summed E-state index contributed by atoms with van der Waals surface area (Å²) in [7, 11) is 0. The van der Waals surface area contributed by atoms with Crippen molar-refractivity contribution in [3.05, 3.63) is 77.1 Å². The van der Waals surface area contributed by atoms with Gasteiger partial charge in [-0.15, -0.1) is 0 Å². The van der Waals surface area contributed by atoms with Gasteiger partial charge in [0.25, 0.3) is 0 Å². The molecule has 9 heteroatoms. The average molecular weight is 379 g/mol. The summed E-state index contributed by atoms with van der Waals surface area (Å²) in [6.07, 6.45) is 1.52. The van der Waals surface area contributed by atoms with E-state index in [9.17, 15) is 14.0 Å². The molecule has 2 heterocycles. The van der Waals surface area contributed by atoms with Crippen LogP contribution in [-0.2, 0) is 0 Å². The van der Waals surface area contributed by atoms with Crippen LogP contribution in [0.3, 0.4) is 0 Å². The third-order valence-corrected chi connectivity index (χ3v) is 3.81. The van der Waals surface area contributed by atoms with Crippen molar-refractivity contribution in [1.29, 1.82) is 0 Å². The van der Waals surface area contributed by atoms with Crippen LogP contribution in [0.15, 0.2) is 65.6 Å². The number of hydrogen-bond donors (Lipinski definition) is 4. The largest absolute Gasteiger partial charge is 0.455 e. The van der Waals surface area contributed by atoms with Crippen molar-refractivity contribution in [3.63, 3.8) is 0 Å². The van der Waals surface area contributed by atoms with E-state index in [1.807, 2.05) is 0 Å². The van der Waals surface area contributed by atoms with Crippen LogP contribution in [-0.4, -0.2) is 21.0 Å². The topological polar surface area (TPSA) is 112 Å². The minimum absolute atomic E-state index is 0.347. The van der Waals surface area contributed by atoms with Gasteiger partial charge in [0.2, 0.25) is 0 Å². The molecule has 0 saturated heterocycles. The number of fused-ring (bicyclic) bond motifs is 1. The van der Waals surface area contributed by atoms with Gasteiger partial charge in [0.05, 0.1) is 0 Å². The number of ether oxygens (including phenoxy) is 1. The molecule has 0 bridgehead atoms. The highest BCUT2D eigenvalue weighted by molar-refractivity contribution is 5.99. The monoisotopic (exact) mass is 379 g/mol. The van der Waals surface area contributed by atoms with Gasteiger partial charge in [-0.3, -0.25) is 4.98 Å². The maximum Gasteiger partial charge on any atom is 0.325 e. The Labute approximate surface area is 157 Å². The number of aromatic amines is 2. The number of urea groups is 1. The Kier molecular flexibility index (Phi) is 4.47. The zero-order valence-corrected chi connectivity index (χ0v) is 14.3. The summed E-state index contributed by atoms with van der Waals surface area (Å²) in [5, 5.41) is 5.19. The van der Waals surface area contributed by atoms with Crippen LogP contribution >= 0.6 is 0 Å². The summed E-state index contributed by atoms with van der Waals surface area (Å²) in [4.78, 5) is 32.6. The zero-order chi connectivity index (χ0) is 19.5. The molecule has 28 heavy (non-hydrogen) atoms. The van der Waals surface area contributed by atoms with E-state index in [2.05, 4.69) is 25.6 Å². The molecule has 0 radical (unpaired) electrons. The minimum Gasteiger partial charge on any atom is -0.455 e. The lowest BCUT2D eigenvalue weighted by Crippen LogP contribution is -2.19. The number of H-pyrrole nitrogens is 2. The number of nitrogens with zero attached hydrogens (tertiary/aromatic N) is 1. The fourth-order valence-corrected chi connectivity index (χ4v) is 2.59. The summed E-state index contributed by atoms with van der Waals surface area (Å²) < 4.78 is 18.9. The first-order chi connectivity index (χ1) is 13.6. The number of anilines is 2. The molecule has 4 rings (SSSR count). The van der Waals surface area contributed by atoms with Gasteiger partial charge in [0, 0.05) is 23.6 Å². The van der Waals surface area contributed by atoms with E-state index < -0.39 is 11.8 Å². The number of halogens is 1. The quantitative estimate of drug-likeness (QED) is 0.432. The number of rotatable bonds is 4. The standard InChI is InChI=1S/C19H14FN5O3/c20-11-2-1-3-13(10-11)23-18(26)22-12-4-6-14(7-5-12)28-15-8-9-21-17-16(15)24-19(27)25-17/h1-10H,(H2,22,23,26)(H2,21,24,25,27). The van der Waals surface area contributed by atoms with E-state index in [1.165, 1.54) is 24.4 Å². The molecule has 0 spiro atoms. The van der Waals surface area contributed by atoms with Crippen LogP contribution in [0.1, 0.15) is 0 Å². The van der Waals surface area contributed by atoms with Gasteiger partial charge < -0.3 is 20.4 Å². The van der Waals surface area contributed by atoms with Crippen LogP contribution in [0.5, 0.6) is 11.5 Å². The van der Waals surface area contributed by atoms with Crippen LogP contribution < -0.4 is 21.1 Å². The molecule has 140 valence electrons. The van der Waals surface area contributed by atoms with E-state index in [0.717, 1.165) is 0 Å². The first-order valence-electron chi connectivity index (χ1n) is 8.25. The highest BCUT2D eigenvalue weighted by Gasteiger charge is 2.08. The van der Waals surface area contributed by atoms with Crippen molar-refractivity contribution in [2.75, 3.05) is 10.6 Å². The molecule has 4 N–H and O–H groups in total. The van der Waals surface area contributed by atoms with E-state index in [0.29, 0.717) is 34.0 Å². The summed E-state index contributed by atoms with van der Waals surface area (Å²) in [5.41, 5.74) is 1.36. The van der Waals surface area contributed by atoms with Crippen LogP contribution in [0.2, 0.25) is 0 Å². The van der Waals surface area contributed by atoms with Gasteiger partial charge in [-0.25, -0.2) is 19.0 Å². The number of carbonyl (C=O) groups excluding carboxylic acids is 1. The van der Waals surface area contributed by atoms with Crippen LogP contribution in [0, 0.1) is 5.82 Å². The van der Waals surface area contributed by atoms with Gasteiger partial charge >= 0.3 is 11.7 Å². The Balaban J connectivity index is 1.43. The number of hydrogen-bond acceptors (Lipinski definition) is 4. The SMILES string of the molecule is O=C(Nc1ccc(Oc2ccnc3[nH]c(=O)[nH]c23)cc1)Nc1cccc(F)c1. The molecule has 2 aromatic heterocycles. The molecule has 0 aliphatic carbocycles. The number of imidazole rings is 1. The van der Waals surface area contributed by atoms with Crippen molar-refractivity contribution >= 4 is 28.6 Å². The number of aromatic nitrogens is 3. The second kappa shape index (κ2) is 7.23. The van der Waals surface area contributed by atoms with Gasteiger partial charge in [-0.2, -0.15) is 0 Å². The smallest absolute Gasteiger partial charge is 0.325 e. The van der Waals surface area contributed by atoms with Crippen molar-refractivity contribution < 1.29 is 13.9 Å². The Morgan fingerprint density at radius 1 is 1.00 bits per heavy atom. The summed E-state index contributed by atoms with van der Waals surface area (Å²) >= 11 is 0. The molecule has 0 atom stereocenters. The number of benzene rings is 2. The zero-order valence-electron chi connectivity index (χ0n) is 14.3. The summed E-state index contributed by atoms with van der Waals surface area (Å²) in [5.74, 6) is 0.506. The third kappa shape index (κ3) is 3.83. The molecule has 0 aliphatic heterocycles. The number of nitrogens with one attached hydrogen (secondary N) is 4. The van der Waals surface area contributed by atoms with E-state index in [4.69, 9.17) is 4.74 Å². The van der Waals surface area contributed by atoms with Gasteiger partial charge in [-0.05, 0) is 42.5 Å². The number of carbonyl (C=O) groups is 1. The second-order valence-electron chi connectivity index (χ2n) is 5.83. The Morgan fingerprint density at radius 2 is 1.79 bits per heavy atom. The molecule has 0 saturated carbocycles. The van der Waals surface area contributed by atoms with Crippen LogP contribution in [0.4, 0.5) is 20.6 Å². The molecular formula is C19H14FN5O3. The van der Waals surface area contributed by atoms with E-state index >= 15 is 0 Å². The van der Waals surface area contributed by atoms with Crippen molar-refractivity contribution in [2.45, 2.75) is 0 Å². The maximum absolute atomic E-state index is 13.2. The number of pyridine rings is 1. The van der Waals surface area contributed by atoms with Crippen molar-refractivity contribution in [1.82, 2.24) is 15.0 Å². The average Bonchev–Trinajstić information content (AvgIpc) is 3.04. The fraction of sp³-hybridized carbons (Fsp3) is 0. The van der Waals surface area contributed by atoms with E-state index in [-0.39, 0.29) is 5.69 Å². The summed E-state index contributed by atoms with van der Waals surface area (Å²) in [6, 6.07) is 13.4. The molecule has 2 aromatic carbocycles. The highest BCUT2D eigenvalue weighted by Crippen LogP contribution is 2.27. The molecule has 0 unspecified atom stereocenters.